The van der Waals surface area contributed by atoms with Gasteiger partial charge in [0.2, 0.25) is 5.91 Å². The van der Waals surface area contributed by atoms with Gasteiger partial charge >= 0.3 is 0 Å². The second-order valence-corrected chi connectivity index (χ2v) is 3.36. The molecule has 0 radical (unpaired) electrons. The Morgan fingerprint density at radius 2 is 2.07 bits per heavy atom. The zero-order chi connectivity index (χ0) is 11.1. The summed E-state index contributed by atoms with van der Waals surface area (Å²) in [6.45, 7) is 0. The van der Waals surface area contributed by atoms with Crippen LogP contribution in [0.4, 0.5) is 0 Å². The zero-order valence-electron chi connectivity index (χ0n) is 8.47. The molecule has 0 bridgehead atoms. The van der Waals surface area contributed by atoms with Crippen molar-refractivity contribution >= 4 is 5.91 Å². The lowest BCUT2D eigenvalue weighted by Gasteiger charge is -2.01. The van der Waals surface area contributed by atoms with E-state index in [1.54, 1.807) is 6.08 Å². The van der Waals surface area contributed by atoms with Crippen molar-refractivity contribution in [2.75, 3.05) is 0 Å². The third-order valence-corrected chi connectivity index (χ3v) is 1.96. The van der Waals surface area contributed by atoms with Crippen molar-refractivity contribution in [1.82, 2.24) is 0 Å². The highest BCUT2D eigenvalue weighted by Gasteiger charge is 2.02. The number of carbonyl (C=O) groups is 1. The van der Waals surface area contributed by atoms with Crippen molar-refractivity contribution in [3.8, 4) is 0 Å². The van der Waals surface area contributed by atoms with Gasteiger partial charge < -0.3 is 10.8 Å². The van der Waals surface area contributed by atoms with E-state index in [0.717, 1.165) is 6.42 Å². The lowest BCUT2D eigenvalue weighted by molar-refractivity contribution is -0.119. The van der Waals surface area contributed by atoms with Crippen molar-refractivity contribution < 1.29 is 9.90 Å². The van der Waals surface area contributed by atoms with Crippen molar-refractivity contribution in [2.45, 2.75) is 18.9 Å². The summed E-state index contributed by atoms with van der Waals surface area (Å²) >= 11 is 0. The summed E-state index contributed by atoms with van der Waals surface area (Å²) in [6, 6.07) is 9.89. The molecule has 3 nitrogen and oxygen atoms in total. The Kier molecular flexibility index (Phi) is 4.57. The van der Waals surface area contributed by atoms with Gasteiger partial charge in [0.1, 0.15) is 0 Å². The first-order valence-corrected chi connectivity index (χ1v) is 4.85. The van der Waals surface area contributed by atoms with E-state index in [1.165, 1.54) is 5.56 Å². The van der Waals surface area contributed by atoms with E-state index >= 15 is 0 Å². The molecule has 1 aromatic rings. The molecule has 80 valence electrons. The molecule has 0 aliphatic carbocycles. The highest BCUT2D eigenvalue weighted by molar-refractivity contribution is 5.74. The van der Waals surface area contributed by atoms with Gasteiger partial charge in [0, 0.05) is 0 Å². The Hall–Kier alpha value is -1.61. The molecule has 0 heterocycles. The van der Waals surface area contributed by atoms with E-state index in [2.05, 4.69) is 0 Å². The van der Waals surface area contributed by atoms with E-state index in [0.29, 0.717) is 0 Å². The van der Waals surface area contributed by atoms with Gasteiger partial charge in [-0.2, -0.15) is 0 Å². The molecule has 0 fully saturated rings. The summed E-state index contributed by atoms with van der Waals surface area (Å²) < 4.78 is 0. The van der Waals surface area contributed by atoms with E-state index in [1.807, 2.05) is 36.4 Å². The van der Waals surface area contributed by atoms with E-state index in [9.17, 15) is 9.90 Å². The SMILES string of the molecule is NC(=O)CC(O)/C=C/Cc1ccccc1. The number of nitrogens with two attached hydrogens (primary N) is 1. The molecule has 3 heteroatoms. The zero-order valence-corrected chi connectivity index (χ0v) is 8.47. The Bertz CT molecular complexity index is 333. The predicted octanol–water partition coefficient (Wildman–Crippen LogP) is 1.02. The maximum Gasteiger partial charge on any atom is 0.220 e. The number of aliphatic hydroxyl groups is 1. The van der Waals surface area contributed by atoms with E-state index in [4.69, 9.17) is 5.73 Å². The second-order valence-electron chi connectivity index (χ2n) is 3.36. The van der Waals surface area contributed by atoms with Crippen LogP contribution in [0.5, 0.6) is 0 Å². The number of amides is 1. The summed E-state index contributed by atoms with van der Waals surface area (Å²) in [4.78, 5) is 10.5. The van der Waals surface area contributed by atoms with Crippen molar-refractivity contribution in [2.24, 2.45) is 5.73 Å². The van der Waals surface area contributed by atoms with Crippen LogP contribution in [-0.4, -0.2) is 17.1 Å². The first-order valence-electron chi connectivity index (χ1n) is 4.85. The molecule has 0 aliphatic rings. The average Bonchev–Trinajstić information content (AvgIpc) is 2.18. The van der Waals surface area contributed by atoms with Crippen molar-refractivity contribution in [1.29, 1.82) is 0 Å². The molecule has 0 saturated heterocycles. The number of carbonyl (C=O) groups excluding carboxylic acids is 1. The fourth-order valence-electron chi connectivity index (χ4n) is 1.25. The average molecular weight is 205 g/mol. The second kappa shape index (κ2) is 5.98. The number of allylic oxidation sites excluding steroid dienone is 1. The van der Waals surface area contributed by atoms with Crippen LogP contribution < -0.4 is 5.73 Å². The highest BCUT2D eigenvalue weighted by Crippen LogP contribution is 2.01. The quantitative estimate of drug-likeness (QED) is 0.705. The van der Waals surface area contributed by atoms with Gasteiger partial charge in [0.15, 0.2) is 0 Å². The van der Waals surface area contributed by atoms with Gasteiger partial charge in [0.25, 0.3) is 0 Å². The summed E-state index contributed by atoms with van der Waals surface area (Å²) in [5.74, 6) is -0.494. The smallest absolute Gasteiger partial charge is 0.220 e. The first kappa shape index (κ1) is 11.5. The van der Waals surface area contributed by atoms with E-state index < -0.39 is 12.0 Å². The predicted molar refractivity (Wildman–Crippen MR) is 59.1 cm³/mol. The molecule has 0 aliphatic heterocycles. The summed E-state index contributed by atoms with van der Waals surface area (Å²) in [5.41, 5.74) is 6.11. The number of primary amides is 1. The van der Waals surface area contributed by atoms with Gasteiger partial charge in [-0.15, -0.1) is 0 Å². The Labute approximate surface area is 89.2 Å². The highest BCUT2D eigenvalue weighted by atomic mass is 16.3. The van der Waals surface area contributed by atoms with Crippen LogP contribution in [0.2, 0.25) is 0 Å². The molecule has 1 aromatic carbocycles. The third-order valence-electron chi connectivity index (χ3n) is 1.96. The van der Waals surface area contributed by atoms with Gasteiger partial charge in [0.05, 0.1) is 12.5 Å². The van der Waals surface area contributed by atoms with Gasteiger partial charge in [-0.05, 0) is 12.0 Å². The van der Waals surface area contributed by atoms with Crippen molar-refractivity contribution in [3.05, 3.63) is 48.0 Å². The molecule has 0 aromatic heterocycles. The van der Waals surface area contributed by atoms with E-state index in [-0.39, 0.29) is 6.42 Å². The Morgan fingerprint density at radius 3 is 2.67 bits per heavy atom. The largest absolute Gasteiger partial charge is 0.389 e. The normalized spacial score (nSPS) is 12.9. The van der Waals surface area contributed by atoms with Crippen LogP contribution in [0.3, 0.4) is 0 Å². The molecule has 1 amide bonds. The fourth-order valence-corrected chi connectivity index (χ4v) is 1.25. The molecule has 0 saturated carbocycles. The van der Waals surface area contributed by atoms with Crippen LogP contribution in [0, 0.1) is 0 Å². The number of hydrogen-bond donors (Lipinski definition) is 2. The summed E-state index contributed by atoms with van der Waals surface area (Å²) in [6.07, 6.45) is 3.38. The molecular weight excluding hydrogens is 190 g/mol. The van der Waals surface area contributed by atoms with Crippen LogP contribution in [-0.2, 0) is 11.2 Å². The number of hydrogen-bond acceptors (Lipinski definition) is 2. The van der Waals surface area contributed by atoms with Crippen LogP contribution in [0.1, 0.15) is 12.0 Å². The monoisotopic (exact) mass is 205 g/mol. The number of benzene rings is 1. The molecule has 1 atom stereocenters. The lowest BCUT2D eigenvalue weighted by atomic mass is 10.1. The molecule has 0 spiro atoms. The molecule has 1 rings (SSSR count). The first-order chi connectivity index (χ1) is 7.18. The lowest BCUT2D eigenvalue weighted by Crippen LogP contribution is -2.18. The fraction of sp³-hybridized carbons (Fsp3) is 0.250. The van der Waals surface area contributed by atoms with Crippen molar-refractivity contribution in [3.63, 3.8) is 0 Å². The summed E-state index contributed by atoms with van der Waals surface area (Å²) in [5, 5.41) is 9.31. The number of aliphatic hydroxyl groups excluding tert-OH is 1. The third kappa shape index (κ3) is 4.98. The minimum Gasteiger partial charge on any atom is -0.389 e. The number of rotatable bonds is 5. The van der Waals surface area contributed by atoms with Gasteiger partial charge in [-0.25, -0.2) is 0 Å². The van der Waals surface area contributed by atoms with Gasteiger partial charge in [-0.1, -0.05) is 42.5 Å². The summed E-state index contributed by atoms with van der Waals surface area (Å²) in [7, 11) is 0. The van der Waals surface area contributed by atoms with Crippen LogP contribution >= 0.6 is 0 Å². The molecule has 1 unspecified atom stereocenters. The minimum atomic E-state index is -0.772. The van der Waals surface area contributed by atoms with Crippen LogP contribution in [0.15, 0.2) is 42.5 Å². The minimum absolute atomic E-state index is 0.0225. The van der Waals surface area contributed by atoms with Gasteiger partial charge in [-0.3, -0.25) is 4.79 Å². The maximum absolute atomic E-state index is 10.5. The topological polar surface area (TPSA) is 63.3 Å². The molecular formula is C12H15NO2. The molecule has 3 N–H and O–H groups in total. The van der Waals surface area contributed by atoms with Crippen LogP contribution in [0.25, 0.3) is 0 Å². The maximum atomic E-state index is 10.5. The Morgan fingerprint density at radius 1 is 1.40 bits per heavy atom. The standard InChI is InChI=1S/C12H15NO2/c13-12(15)9-11(14)8-4-7-10-5-2-1-3-6-10/h1-6,8,11,14H,7,9H2,(H2,13,15)/b8-4+. The Balaban J connectivity index is 2.36. The molecule has 15 heavy (non-hydrogen) atoms.